The summed E-state index contributed by atoms with van der Waals surface area (Å²) in [5, 5.41) is 9.08. The molecule has 0 aromatic heterocycles. The quantitative estimate of drug-likeness (QED) is 0.833. The van der Waals surface area contributed by atoms with Crippen LogP contribution in [0.2, 0.25) is 0 Å². The van der Waals surface area contributed by atoms with Crippen LogP contribution in [0.4, 0.5) is 0 Å². The molecule has 0 radical (unpaired) electrons. The lowest BCUT2D eigenvalue weighted by molar-refractivity contribution is 0.338. The molecule has 0 aliphatic heterocycles. The van der Waals surface area contributed by atoms with E-state index in [1.807, 2.05) is 31.2 Å². The van der Waals surface area contributed by atoms with Crippen molar-refractivity contribution in [2.24, 2.45) is 0 Å². The summed E-state index contributed by atoms with van der Waals surface area (Å²) >= 11 is 3.33. The number of ether oxygens (including phenoxy) is 2. The molecule has 0 atom stereocenters. The summed E-state index contributed by atoms with van der Waals surface area (Å²) in [5.41, 5.74) is 0.483. The van der Waals surface area contributed by atoms with Crippen LogP contribution >= 0.6 is 15.9 Å². The van der Waals surface area contributed by atoms with Gasteiger partial charge in [0.1, 0.15) is 23.3 Å². The number of benzene rings is 2. The number of nitriles is 1. The summed E-state index contributed by atoms with van der Waals surface area (Å²) in [5.74, 6) is 1.92. The third-order valence-electron chi connectivity index (χ3n) is 2.41. The van der Waals surface area contributed by atoms with Crippen LogP contribution in [-0.2, 0) is 0 Å². The minimum Gasteiger partial charge on any atom is -0.494 e. The Labute approximate surface area is 120 Å². The molecule has 0 saturated carbocycles. The molecule has 0 spiro atoms. The van der Waals surface area contributed by atoms with Crippen LogP contribution in [0.25, 0.3) is 0 Å². The first-order valence-electron chi connectivity index (χ1n) is 5.83. The number of halogens is 1. The molecule has 0 N–H and O–H groups in total. The minimum atomic E-state index is 0.483. The molecule has 19 heavy (non-hydrogen) atoms. The molecule has 0 aliphatic carbocycles. The summed E-state index contributed by atoms with van der Waals surface area (Å²) in [6.07, 6.45) is 0. The van der Waals surface area contributed by atoms with E-state index >= 15 is 0 Å². The Morgan fingerprint density at radius 1 is 1.16 bits per heavy atom. The number of hydrogen-bond acceptors (Lipinski definition) is 3. The Morgan fingerprint density at radius 3 is 2.68 bits per heavy atom. The van der Waals surface area contributed by atoms with Crippen molar-refractivity contribution in [2.45, 2.75) is 6.92 Å². The van der Waals surface area contributed by atoms with Crippen LogP contribution in [0.15, 0.2) is 46.9 Å². The van der Waals surface area contributed by atoms with Gasteiger partial charge in [0.15, 0.2) is 0 Å². The van der Waals surface area contributed by atoms with E-state index in [2.05, 4.69) is 22.0 Å². The zero-order valence-electron chi connectivity index (χ0n) is 10.4. The highest BCUT2D eigenvalue weighted by Crippen LogP contribution is 2.29. The van der Waals surface area contributed by atoms with Gasteiger partial charge in [0.2, 0.25) is 0 Å². The second-order valence-electron chi connectivity index (χ2n) is 3.76. The molecule has 4 heteroatoms. The fourth-order valence-corrected chi connectivity index (χ4v) is 1.96. The molecule has 0 unspecified atom stereocenters. The molecule has 96 valence electrons. The molecule has 0 amide bonds. The van der Waals surface area contributed by atoms with E-state index in [-0.39, 0.29) is 0 Å². The second-order valence-corrected chi connectivity index (χ2v) is 4.68. The lowest BCUT2D eigenvalue weighted by Gasteiger charge is -2.09. The van der Waals surface area contributed by atoms with Crippen LogP contribution in [0.3, 0.4) is 0 Å². The molecule has 3 nitrogen and oxygen atoms in total. The fraction of sp³-hybridized carbons (Fsp3) is 0.133. The van der Waals surface area contributed by atoms with Gasteiger partial charge >= 0.3 is 0 Å². The zero-order chi connectivity index (χ0) is 13.7. The lowest BCUT2D eigenvalue weighted by Crippen LogP contribution is -1.92. The number of rotatable bonds is 4. The standard InChI is InChI=1S/C15H12BrNO2/c1-2-18-13-4-3-5-14(9-13)19-15-7-6-12(16)8-11(15)10-17/h3-9H,2H2,1H3. The van der Waals surface area contributed by atoms with Gasteiger partial charge < -0.3 is 9.47 Å². The predicted molar refractivity (Wildman–Crippen MR) is 76.5 cm³/mol. The fourth-order valence-electron chi connectivity index (χ4n) is 1.60. The van der Waals surface area contributed by atoms with Gasteiger partial charge in [-0.3, -0.25) is 0 Å². The Balaban J connectivity index is 2.26. The second kappa shape index (κ2) is 6.26. The van der Waals surface area contributed by atoms with Crippen LogP contribution in [0, 0.1) is 11.3 Å². The van der Waals surface area contributed by atoms with Gasteiger partial charge in [-0.15, -0.1) is 0 Å². The third-order valence-corrected chi connectivity index (χ3v) is 2.90. The van der Waals surface area contributed by atoms with Crippen LogP contribution < -0.4 is 9.47 Å². The first kappa shape index (κ1) is 13.4. The molecule has 2 aromatic rings. The van der Waals surface area contributed by atoms with E-state index in [1.165, 1.54) is 0 Å². The molecule has 2 rings (SSSR count). The van der Waals surface area contributed by atoms with E-state index in [0.717, 1.165) is 10.2 Å². The van der Waals surface area contributed by atoms with Crippen molar-refractivity contribution >= 4 is 15.9 Å². The van der Waals surface area contributed by atoms with Crippen molar-refractivity contribution in [3.05, 3.63) is 52.5 Å². The Kier molecular flexibility index (Phi) is 4.43. The van der Waals surface area contributed by atoms with E-state index in [0.29, 0.717) is 23.7 Å². The third kappa shape index (κ3) is 3.49. The first-order chi connectivity index (χ1) is 9.22. The molecule has 0 aliphatic rings. The summed E-state index contributed by atoms with van der Waals surface area (Å²) in [7, 11) is 0. The molecular weight excluding hydrogens is 306 g/mol. The molecular formula is C15H12BrNO2. The van der Waals surface area contributed by atoms with Gasteiger partial charge in [-0.1, -0.05) is 22.0 Å². The monoisotopic (exact) mass is 317 g/mol. The van der Waals surface area contributed by atoms with E-state index in [4.69, 9.17) is 14.7 Å². The van der Waals surface area contributed by atoms with Gasteiger partial charge in [-0.2, -0.15) is 5.26 Å². The van der Waals surface area contributed by atoms with Crippen LogP contribution in [0.5, 0.6) is 17.2 Å². The number of hydrogen-bond donors (Lipinski definition) is 0. The highest BCUT2D eigenvalue weighted by Gasteiger charge is 2.06. The zero-order valence-corrected chi connectivity index (χ0v) is 12.0. The smallest absolute Gasteiger partial charge is 0.145 e. The van der Waals surface area contributed by atoms with Crippen LogP contribution in [-0.4, -0.2) is 6.61 Å². The molecule has 0 bridgehead atoms. The maximum absolute atomic E-state index is 9.08. The van der Waals surface area contributed by atoms with Crippen molar-refractivity contribution in [1.29, 1.82) is 5.26 Å². The Hall–Kier alpha value is -1.99. The molecule has 2 aromatic carbocycles. The highest BCUT2D eigenvalue weighted by atomic mass is 79.9. The SMILES string of the molecule is CCOc1cccc(Oc2ccc(Br)cc2C#N)c1. The highest BCUT2D eigenvalue weighted by molar-refractivity contribution is 9.10. The van der Waals surface area contributed by atoms with E-state index in [9.17, 15) is 0 Å². The van der Waals surface area contributed by atoms with Crippen molar-refractivity contribution < 1.29 is 9.47 Å². The van der Waals surface area contributed by atoms with Crippen LogP contribution in [0.1, 0.15) is 12.5 Å². The number of nitrogens with zero attached hydrogens (tertiary/aromatic N) is 1. The van der Waals surface area contributed by atoms with E-state index in [1.54, 1.807) is 18.2 Å². The first-order valence-corrected chi connectivity index (χ1v) is 6.62. The summed E-state index contributed by atoms with van der Waals surface area (Å²) in [6.45, 7) is 2.53. The maximum Gasteiger partial charge on any atom is 0.145 e. The molecule has 0 saturated heterocycles. The Morgan fingerprint density at radius 2 is 1.95 bits per heavy atom. The summed E-state index contributed by atoms with van der Waals surface area (Å²) in [6, 6.07) is 14.8. The largest absolute Gasteiger partial charge is 0.494 e. The van der Waals surface area contributed by atoms with Crippen molar-refractivity contribution in [2.75, 3.05) is 6.61 Å². The van der Waals surface area contributed by atoms with Crippen molar-refractivity contribution in [1.82, 2.24) is 0 Å². The average Bonchev–Trinajstić information content (AvgIpc) is 2.41. The summed E-state index contributed by atoms with van der Waals surface area (Å²) in [4.78, 5) is 0. The van der Waals surface area contributed by atoms with Crippen molar-refractivity contribution in [3.8, 4) is 23.3 Å². The predicted octanol–water partition coefficient (Wildman–Crippen LogP) is 4.51. The van der Waals surface area contributed by atoms with Crippen molar-refractivity contribution in [3.63, 3.8) is 0 Å². The Bertz CT molecular complexity index is 620. The van der Waals surface area contributed by atoms with Gasteiger partial charge in [0, 0.05) is 10.5 Å². The average molecular weight is 318 g/mol. The normalized spacial score (nSPS) is 9.74. The van der Waals surface area contributed by atoms with E-state index < -0.39 is 0 Å². The van der Waals surface area contributed by atoms with Gasteiger partial charge in [0.05, 0.1) is 12.2 Å². The van der Waals surface area contributed by atoms with Gasteiger partial charge in [0.25, 0.3) is 0 Å². The molecule has 0 fully saturated rings. The summed E-state index contributed by atoms with van der Waals surface area (Å²) < 4.78 is 12.0. The minimum absolute atomic E-state index is 0.483. The molecule has 0 heterocycles. The van der Waals surface area contributed by atoms with Gasteiger partial charge in [-0.05, 0) is 37.3 Å². The topological polar surface area (TPSA) is 42.2 Å². The lowest BCUT2D eigenvalue weighted by atomic mass is 10.2. The van der Waals surface area contributed by atoms with Gasteiger partial charge in [-0.25, -0.2) is 0 Å². The maximum atomic E-state index is 9.08.